The van der Waals surface area contributed by atoms with Gasteiger partial charge >= 0.3 is 5.97 Å². The van der Waals surface area contributed by atoms with Crippen molar-refractivity contribution >= 4 is 58.6 Å². The van der Waals surface area contributed by atoms with E-state index in [9.17, 15) is 9.59 Å². The average Bonchev–Trinajstić information content (AvgIpc) is 3.77. The zero-order chi connectivity index (χ0) is 32.5. The van der Waals surface area contributed by atoms with Crippen molar-refractivity contribution in [1.82, 2.24) is 19.5 Å². The predicted octanol–water partition coefficient (Wildman–Crippen LogP) is 5.91. The summed E-state index contributed by atoms with van der Waals surface area (Å²) in [6, 6.07) is 25.3. The molecule has 7 rings (SSSR count). The lowest BCUT2D eigenvalue weighted by molar-refractivity contribution is -0.150. The van der Waals surface area contributed by atoms with Crippen molar-refractivity contribution in [2.24, 2.45) is 0 Å². The summed E-state index contributed by atoms with van der Waals surface area (Å²) in [5.74, 6) is -0.544. The van der Waals surface area contributed by atoms with Crippen LogP contribution in [0.4, 0.5) is 5.82 Å². The van der Waals surface area contributed by atoms with Crippen LogP contribution in [-0.4, -0.2) is 56.8 Å². The Balaban J connectivity index is 1.04. The van der Waals surface area contributed by atoms with Gasteiger partial charge in [-0.1, -0.05) is 78.5 Å². The number of carbonyl (C=O) groups is 2. The topological polar surface area (TPSA) is 127 Å². The maximum atomic E-state index is 12.8. The Bertz CT molecular complexity index is 1960. The first-order chi connectivity index (χ1) is 22.8. The summed E-state index contributed by atoms with van der Waals surface area (Å²) in [4.78, 5) is 37.9. The summed E-state index contributed by atoms with van der Waals surface area (Å²) in [6.07, 6.45) is 1.25. The largest absolute Gasteiger partial charge is 0.691 e. The van der Waals surface area contributed by atoms with Gasteiger partial charge in [-0.3, -0.25) is 14.2 Å². The lowest BCUT2D eigenvalue weighted by Gasteiger charge is -2.31. The second-order valence-electron chi connectivity index (χ2n) is 11.1. The Labute approximate surface area is 281 Å². The quantitative estimate of drug-likeness (QED) is 0.107. The zero-order valence-corrected chi connectivity index (χ0v) is 27.6. The van der Waals surface area contributed by atoms with Crippen LogP contribution in [0, 0.1) is 0 Å². The van der Waals surface area contributed by atoms with Crippen molar-refractivity contribution in [3.63, 3.8) is 0 Å². The minimum absolute atomic E-state index is 0.0175. The number of amides is 1. The molecule has 1 aliphatic heterocycles. The van der Waals surface area contributed by atoms with Gasteiger partial charge in [-0.25, -0.2) is 15.0 Å². The summed E-state index contributed by atoms with van der Waals surface area (Å²) in [7, 11) is 0. The lowest BCUT2D eigenvalue weighted by Crippen LogP contribution is -2.30. The number of rotatable bonds is 10. The monoisotopic (exact) mass is 686 g/mol. The molecule has 1 unspecified atom stereocenters. The zero-order valence-electron chi connectivity index (χ0n) is 25.1. The van der Waals surface area contributed by atoms with Gasteiger partial charge in [-0.05, 0) is 34.4 Å². The maximum absolute atomic E-state index is 12.8. The maximum Gasteiger partial charge on any atom is 0.302 e. The summed E-state index contributed by atoms with van der Waals surface area (Å²) in [5.41, 5.74) is 2.84. The number of fused-ring (bicyclic) bond motifs is 4. The molecule has 2 aliphatic rings. The molecule has 1 fully saturated rings. The fraction of sp³-hybridized carbons (Fsp3) is 0.242. The van der Waals surface area contributed by atoms with Crippen molar-refractivity contribution in [2.75, 3.05) is 18.5 Å². The van der Waals surface area contributed by atoms with Crippen LogP contribution in [0.2, 0.25) is 0 Å². The van der Waals surface area contributed by atoms with Crippen molar-refractivity contribution in [2.45, 2.75) is 37.7 Å². The highest BCUT2D eigenvalue weighted by Crippen LogP contribution is 2.51. The molecule has 240 valence electrons. The third kappa shape index (κ3) is 6.60. The first kappa shape index (κ1) is 31.6. The number of hydrogen-bond acceptors (Lipinski definition) is 11. The van der Waals surface area contributed by atoms with E-state index in [0.717, 1.165) is 11.1 Å². The molecule has 1 aliphatic carbocycles. The Kier molecular flexibility index (Phi) is 8.93. The van der Waals surface area contributed by atoms with Crippen LogP contribution in [0.5, 0.6) is 0 Å². The van der Waals surface area contributed by atoms with E-state index in [1.54, 1.807) is 35.2 Å². The summed E-state index contributed by atoms with van der Waals surface area (Å²) in [5, 5.41) is 2.80. The highest BCUT2D eigenvalue weighted by atomic mass is 32.9. The molecule has 47 heavy (non-hydrogen) atoms. The van der Waals surface area contributed by atoms with E-state index in [4.69, 9.17) is 42.6 Å². The van der Waals surface area contributed by atoms with E-state index in [0.29, 0.717) is 23.1 Å². The van der Waals surface area contributed by atoms with Crippen molar-refractivity contribution < 1.29 is 28.1 Å². The smallest absolute Gasteiger partial charge is 0.302 e. The number of benzene rings is 3. The molecule has 1 N–H and O–H groups in total. The van der Waals surface area contributed by atoms with Gasteiger partial charge in [0.2, 0.25) is 0 Å². The minimum Gasteiger partial charge on any atom is -0.691 e. The van der Waals surface area contributed by atoms with Crippen LogP contribution >= 0.6 is 5.69 Å². The van der Waals surface area contributed by atoms with E-state index in [-0.39, 0.29) is 30.9 Å². The van der Waals surface area contributed by atoms with Crippen LogP contribution in [0.15, 0.2) is 91.5 Å². The molecule has 3 aromatic carbocycles. The number of hydrogen-bond donors (Lipinski definition) is 1. The number of imidazole rings is 1. The Morgan fingerprint density at radius 3 is 2.32 bits per heavy atom. The number of esters is 1. The molecular weight excluding hydrogens is 657 g/mol. The second-order valence-corrected chi connectivity index (χ2v) is 16.1. The molecule has 0 bridgehead atoms. The Hall–Kier alpha value is -3.97. The molecule has 14 heteroatoms. The molecule has 1 saturated heterocycles. The van der Waals surface area contributed by atoms with Gasteiger partial charge in [0.05, 0.1) is 25.2 Å². The number of anilines is 1. The van der Waals surface area contributed by atoms with E-state index in [1.807, 2.05) is 30.3 Å². The first-order valence-electron chi connectivity index (χ1n) is 14.9. The molecule has 4 atom stereocenters. The van der Waals surface area contributed by atoms with E-state index >= 15 is 0 Å². The van der Waals surface area contributed by atoms with E-state index in [2.05, 4.69) is 44.5 Å². The SMILES string of the molecule is CC(=O)O[C@H]1C[C@H](n2cnc3c(NC(=O)c4ccccc4)ncnc32)O[C@@H]1COP(=S)([S-])OCC1c2ccccc2-c2ccccc21. The fourth-order valence-corrected chi connectivity index (χ4v) is 7.55. The molecule has 1 amide bonds. The van der Waals surface area contributed by atoms with E-state index < -0.39 is 30.1 Å². The van der Waals surface area contributed by atoms with Gasteiger partial charge in [0.1, 0.15) is 24.8 Å². The Morgan fingerprint density at radius 2 is 1.62 bits per heavy atom. The fourth-order valence-electron chi connectivity index (χ4n) is 6.09. The molecule has 0 saturated carbocycles. The van der Waals surface area contributed by atoms with E-state index in [1.165, 1.54) is 24.4 Å². The number of aromatic nitrogens is 4. The summed E-state index contributed by atoms with van der Waals surface area (Å²) < 4.78 is 25.8. The predicted molar refractivity (Wildman–Crippen MR) is 181 cm³/mol. The normalized spacial score (nSPS) is 20.0. The number of carbonyl (C=O) groups excluding carboxylic acids is 2. The van der Waals surface area contributed by atoms with Gasteiger partial charge in [-0.15, -0.1) is 0 Å². The molecule has 2 aromatic heterocycles. The lowest BCUT2D eigenvalue weighted by atomic mass is 9.98. The van der Waals surface area contributed by atoms with Crippen LogP contribution in [-0.2, 0) is 47.4 Å². The summed E-state index contributed by atoms with van der Waals surface area (Å²) >= 11 is 11.3. The molecule has 5 aromatic rings. The highest BCUT2D eigenvalue weighted by Gasteiger charge is 2.40. The van der Waals surface area contributed by atoms with Gasteiger partial charge in [0, 0.05) is 24.8 Å². The molecule has 0 spiro atoms. The number of ether oxygens (including phenoxy) is 2. The van der Waals surface area contributed by atoms with Gasteiger partial charge < -0.3 is 36.1 Å². The van der Waals surface area contributed by atoms with Crippen LogP contribution in [0.3, 0.4) is 0 Å². The molecular formula is C33H29N5O6PS2-. The molecule has 11 nitrogen and oxygen atoms in total. The van der Waals surface area contributed by atoms with Crippen molar-refractivity contribution in [3.8, 4) is 11.1 Å². The van der Waals surface area contributed by atoms with Crippen molar-refractivity contribution in [1.29, 1.82) is 0 Å². The first-order valence-corrected chi connectivity index (χ1v) is 18.6. The summed E-state index contributed by atoms with van der Waals surface area (Å²) in [6.45, 7) is 1.58. The standard InChI is InChI=1S/C33H30N5O6PS2/c1-20(39)43-27-15-29(38-19-36-30-31(34-18-35-32(30)38)37-33(40)21-9-3-2-4-10-21)44-28(27)17-42-45(46,47)41-16-26-24-13-7-5-11-22(24)23-12-6-8-14-25(23)26/h2-14,18-19,26-29H,15-17H2,1H3,(H,46,47)(H,34,35,37,40)/p-1/t27-,28+,29+/m0/s1. The average molecular weight is 687 g/mol. The molecule has 0 radical (unpaired) electrons. The molecule has 3 heterocycles. The van der Waals surface area contributed by atoms with Gasteiger partial charge in [0.25, 0.3) is 5.91 Å². The second kappa shape index (κ2) is 13.3. The minimum atomic E-state index is -3.13. The highest BCUT2D eigenvalue weighted by molar-refractivity contribution is 8.51. The van der Waals surface area contributed by atoms with Crippen LogP contribution < -0.4 is 5.32 Å². The van der Waals surface area contributed by atoms with Crippen LogP contribution in [0.25, 0.3) is 22.3 Å². The number of nitrogens with zero attached hydrogens (tertiary/aromatic N) is 4. The number of nitrogens with one attached hydrogen (secondary N) is 1. The van der Waals surface area contributed by atoms with Crippen LogP contribution in [0.1, 0.15) is 47.0 Å². The third-order valence-corrected chi connectivity index (χ3v) is 10.4. The van der Waals surface area contributed by atoms with Crippen molar-refractivity contribution in [3.05, 3.63) is 108 Å². The Morgan fingerprint density at radius 1 is 0.957 bits per heavy atom. The van der Waals surface area contributed by atoms with Gasteiger partial charge in [0.15, 0.2) is 17.0 Å². The van der Waals surface area contributed by atoms with Gasteiger partial charge in [-0.2, -0.15) is 0 Å². The third-order valence-electron chi connectivity index (χ3n) is 8.19.